The van der Waals surface area contributed by atoms with E-state index in [9.17, 15) is 4.79 Å². The van der Waals surface area contributed by atoms with Crippen LogP contribution in [0.3, 0.4) is 0 Å². The Labute approximate surface area is 156 Å². The first kappa shape index (κ1) is 20.5. The molecule has 0 spiro atoms. The molecular formula is C18H25LiN2O3. The number of amides is 1. The van der Waals surface area contributed by atoms with Crippen LogP contribution in [0.4, 0.5) is 4.79 Å². The Bertz CT molecular complexity index is 569. The maximum atomic E-state index is 12.6. The maximum absolute atomic E-state index is 12.6. The fraction of sp³-hybridized carbons (Fsp3) is 0.500. The van der Waals surface area contributed by atoms with Crippen LogP contribution in [0.5, 0.6) is 0 Å². The molecule has 0 aliphatic carbocycles. The van der Waals surface area contributed by atoms with E-state index in [1.807, 2.05) is 64.1 Å². The van der Waals surface area contributed by atoms with Crippen molar-refractivity contribution in [1.29, 1.82) is 0 Å². The summed E-state index contributed by atoms with van der Waals surface area (Å²) in [5.74, 6) is 0.560. The average Bonchev–Trinajstić information content (AvgIpc) is 2.52. The molecule has 2 rings (SSSR count). The van der Waals surface area contributed by atoms with E-state index in [2.05, 4.69) is 5.32 Å². The van der Waals surface area contributed by atoms with Crippen molar-refractivity contribution in [2.45, 2.75) is 46.5 Å². The summed E-state index contributed by atoms with van der Waals surface area (Å²) >= 11 is 0. The number of benzene rings is 1. The summed E-state index contributed by atoms with van der Waals surface area (Å²) in [5.41, 5.74) is 0.737. The van der Waals surface area contributed by atoms with Gasteiger partial charge in [-0.15, -0.1) is 0 Å². The third-order valence-corrected chi connectivity index (χ3v) is 3.74. The first-order valence-corrected chi connectivity index (χ1v) is 7.78. The van der Waals surface area contributed by atoms with E-state index in [0.29, 0.717) is 5.88 Å². The molecule has 1 amide bonds. The number of carbonyl (C=O) groups is 1. The Morgan fingerprint density at radius 3 is 2.42 bits per heavy atom. The second kappa shape index (κ2) is 8.50. The molecule has 1 heterocycles. The van der Waals surface area contributed by atoms with Crippen LogP contribution in [0.1, 0.15) is 33.3 Å². The zero-order valence-corrected chi connectivity index (χ0v) is 15.4. The van der Waals surface area contributed by atoms with E-state index in [1.54, 1.807) is 12.0 Å². The molecule has 0 fully saturated rings. The number of ether oxygens (including phenoxy) is 2. The van der Waals surface area contributed by atoms with Gasteiger partial charge in [0.25, 0.3) is 0 Å². The SMILES string of the molecule is COC1=C[C@H](C)N(C(=O)OCc2ccccc2)[C@H](C(C)(C)C)[N-]1.[Li+]. The third kappa shape index (κ3) is 4.96. The van der Waals surface area contributed by atoms with E-state index in [0.717, 1.165) is 5.56 Å². The molecule has 0 aromatic heterocycles. The summed E-state index contributed by atoms with van der Waals surface area (Å²) in [6.07, 6.45) is 1.13. The van der Waals surface area contributed by atoms with Crippen molar-refractivity contribution in [1.82, 2.24) is 4.90 Å². The number of methoxy groups -OCH3 is 1. The Balaban J connectivity index is 0.00000288. The predicted octanol–water partition coefficient (Wildman–Crippen LogP) is 1.27. The van der Waals surface area contributed by atoms with Crippen LogP contribution in [-0.2, 0) is 16.1 Å². The number of rotatable bonds is 3. The first-order chi connectivity index (χ1) is 10.8. The van der Waals surface area contributed by atoms with Crippen molar-refractivity contribution in [3.63, 3.8) is 0 Å². The molecule has 6 heteroatoms. The molecule has 0 saturated heterocycles. The molecule has 0 unspecified atom stereocenters. The minimum absolute atomic E-state index is 0. The third-order valence-electron chi connectivity index (χ3n) is 3.74. The molecule has 0 N–H and O–H groups in total. The van der Waals surface area contributed by atoms with E-state index in [-0.39, 0.29) is 49.2 Å². The van der Waals surface area contributed by atoms with Crippen molar-refractivity contribution in [3.05, 3.63) is 53.2 Å². The second-order valence-electron chi connectivity index (χ2n) is 6.77. The van der Waals surface area contributed by atoms with Gasteiger partial charge in [-0.2, -0.15) is 0 Å². The van der Waals surface area contributed by atoms with Crippen LogP contribution in [0.2, 0.25) is 0 Å². The molecule has 1 aromatic rings. The minimum atomic E-state index is -0.364. The molecule has 126 valence electrons. The van der Waals surface area contributed by atoms with Crippen LogP contribution < -0.4 is 18.9 Å². The molecular weight excluding hydrogens is 299 g/mol. The van der Waals surface area contributed by atoms with Crippen molar-refractivity contribution in [3.8, 4) is 0 Å². The van der Waals surface area contributed by atoms with Crippen molar-refractivity contribution in [2.75, 3.05) is 7.11 Å². The van der Waals surface area contributed by atoms with Gasteiger partial charge in [-0.1, -0.05) is 51.1 Å². The summed E-state index contributed by atoms with van der Waals surface area (Å²) in [7, 11) is 1.59. The number of nitrogens with zero attached hydrogens (tertiary/aromatic N) is 2. The van der Waals surface area contributed by atoms with Crippen LogP contribution in [-0.4, -0.2) is 30.3 Å². The van der Waals surface area contributed by atoms with Crippen molar-refractivity contribution >= 4 is 6.09 Å². The Hall–Kier alpha value is -1.57. The average molecular weight is 324 g/mol. The van der Waals surface area contributed by atoms with Gasteiger partial charge in [0, 0.05) is 5.88 Å². The monoisotopic (exact) mass is 324 g/mol. The van der Waals surface area contributed by atoms with Crippen LogP contribution in [0.15, 0.2) is 42.3 Å². The smallest absolute Gasteiger partial charge is 0.634 e. The number of hydrogen-bond donors (Lipinski definition) is 0. The van der Waals surface area contributed by atoms with Gasteiger partial charge in [-0.25, -0.2) is 4.79 Å². The Morgan fingerprint density at radius 1 is 1.25 bits per heavy atom. The molecule has 1 aromatic carbocycles. The summed E-state index contributed by atoms with van der Waals surface area (Å²) < 4.78 is 10.7. The predicted molar refractivity (Wildman–Crippen MR) is 89.6 cm³/mol. The van der Waals surface area contributed by atoms with Gasteiger partial charge in [0.1, 0.15) is 6.61 Å². The van der Waals surface area contributed by atoms with Crippen molar-refractivity contribution in [2.24, 2.45) is 5.41 Å². The fourth-order valence-electron chi connectivity index (χ4n) is 2.53. The molecule has 5 nitrogen and oxygen atoms in total. The number of hydrogen-bond acceptors (Lipinski definition) is 3. The molecule has 1 aliphatic heterocycles. The summed E-state index contributed by atoms with van der Waals surface area (Å²) in [5, 5.41) is 4.54. The molecule has 2 atom stereocenters. The summed E-state index contributed by atoms with van der Waals surface area (Å²) in [6.45, 7) is 8.33. The summed E-state index contributed by atoms with van der Waals surface area (Å²) in [4.78, 5) is 14.3. The normalized spacial score (nSPS) is 20.4. The van der Waals surface area contributed by atoms with Gasteiger partial charge >= 0.3 is 25.0 Å². The largest absolute Gasteiger partial charge is 1.00 e. The molecule has 1 aliphatic rings. The van der Waals surface area contributed by atoms with Crippen LogP contribution in [0.25, 0.3) is 5.32 Å². The molecule has 24 heavy (non-hydrogen) atoms. The summed E-state index contributed by atoms with van der Waals surface area (Å²) in [6, 6.07) is 9.50. The van der Waals surface area contributed by atoms with E-state index < -0.39 is 0 Å². The maximum Gasteiger partial charge on any atom is 1.00 e. The van der Waals surface area contributed by atoms with Crippen molar-refractivity contribution < 1.29 is 33.1 Å². The Kier molecular flexibility index (Phi) is 7.25. The Morgan fingerprint density at radius 2 is 1.88 bits per heavy atom. The van der Waals surface area contributed by atoms with Gasteiger partial charge in [-0.05, 0) is 30.1 Å². The van der Waals surface area contributed by atoms with Gasteiger partial charge in [0.2, 0.25) is 0 Å². The van der Waals surface area contributed by atoms with E-state index in [1.165, 1.54) is 0 Å². The zero-order valence-electron chi connectivity index (χ0n) is 15.4. The second-order valence-corrected chi connectivity index (χ2v) is 6.77. The van der Waals surface area contributed by atoms with Crippen LogP contribution >= 0.6 is 0 Å². The molecule has 0 bridgehead atoms. The fourth-order valence-corrected chi connectivity index (χ4v) is 2.53. The van der Waals surface area contributed by atoms with Gasteiger partial charge in [-0.3, -0.25) is 0 Å². The van der Waals surface area contributed by atoms with E-state index >= 15 is 0 Å². The topological polar surface area (TPSA) is 52.9 Å². The van der Waals surface area contributed by atoms with Gasteiger partial charge in [0.15, 0.2) is 0 Å². The minimum Gasteiger partial charge on any atom is -0.634 e. The first-order valence-electron chi connectivity index (χ1n) is 7.78. The van der Waals surface area contributed by atoms with Crippen LogP contribution in [0, 0.1) is 5.41 Å². The van der Waals surface area contributed by atoms with E-state index in [4.69, 9.17) is 9.47 Å². The van der Waals surface area contributed by atoms with Gasteiger partial charge < -0.3 is 19.7 Å². The van der Waals surface area contributed by atoms with Gasteiger partial charge in [0.05, 0.1) is 13.2 Å². The zero-order chi connectivity index (χ0) is 17.0. The quantitative estimate of drug-likeness (QED) is 0.787. The number of carbonyl (C=O) groups excluding carboxylic acids is 1. The molecule has 0 saturated carbocycles. The molecule has 0 radical (unpaired) electrons. The standard InChI is InChI=1S/C18H25N2O3.Li/c1-13-11-15(22-5)19-16(18(2,3)4)20(13)17(21)23-12-14-9-7-6-8-10-14;/h6-11,13,16H,12H2,1-5H3;/q-1;+1/t13-,16+;/m0./s1.